The number of benzene rings is 2. The molecule has 2 aromatic rings. The van der Waals surface area contributed by atoms with Crippen LogP contribution in [0.2, 0.25) is 0 Å². The number of carbonyl (C=O) groups is 1. The zero-order valence-corrected chi connectivity index (χ0v) is 11.2. The summed E-state index contributed by atoms with van der Waals surface area (Å²) >= 11 is 0. The topological polar surface area (TPSA) is 69.6 Å². The van der Waals surface area contributed by atoms with E-state index in [-0.39, 0.29) is 17.9 Å². The van der Waals surface area contributed by atoms with Gasteiger partial charge in [0.1, 0.15) is 5.75 Å². The Morgan fingerprint density at radius 1 is 1.15 bits per heavy atom. The third-order valence-corrected chi connectivity index (χ3v) is 3.07. The van der Waals surface area contributed by atoms with Crippen LogP contribution >= 0.6 is 0 Å². The average Bonchev–Trinajstić information content (AvgIpc) is 2.45. The Morgan fingerprint density at radius 3 is 2.45 bits per heavy atom. The molecule has 0 aliphatic carbocycles. The Bertz CT molecular complexity index is 593. The van der Waals surface area contributed by atoms with E-state index in [1.165, 1.54) is 12.1 Å². The van der Waals surface area contributed by atoms with Crippen LogP contribution in [0.3, 0.4) is 0 Å². The van der Waals surface area contributed by atoms with E-state index in [1.807, 2.05) is 31.2 Å². The minimum atomic E-state index is -0.773. The Labute approximate surface area is 117 Å². The first-order valence-corrected chi connectivity index (χ1v) is 6.39. The summed E-state index contributed by atoms with van der Waals surface area (Å²) in [7, 11) is 0. The van der Waals surface area contributed by atoms with Gasteiger partial charge in [0.05, 0.1) is 11.7 Å². The molecule has 4 heteroatoms. The predicted molar refractivity (Wildman–Crippen MR) is 76.6 cm³/mol. The standard InChI is InChI=1S/C16H17NO3/c1-11-6-8-12(9-7-11)15(19)10-17-16(20)13-4-2-3-5-14(13)18/h2-9,15,18-19H,10H2,1H3,(H,17,20). The minimum absolute atomic E-state index is 0.0742. The van der Waals surface area contributed by atoms with Crippen LogP contribution in [0.25, 0.3) is 0 Å². The molecule has 104 valence electrons. The number of hydrogen-bond acceptors (Lipinski definition) is 3. The highest BCUT2D eigenvalue weighted by molar-refractivity contribution is 5.96. The molecule has 0 aromatic heterocycles. The van der Waals surface area contributed by atoms with Crippen molar-refractivity contribution in [3.63, 3.8) is 0 Å². The third kappa shape index (κ3) is 3.36. The second-order valence-corrected chi connectivity index (χ2v) is 4.65. The summed E-state index contributed by atoms with van der Waals surface area (Å²) in [5.74, 6) is -0.482. The highest BCUT2D eigenvalue weighted by atomic mass is 16.3. The van der Waals surface area contributed by atoms with E-state index in [2.05, 4.69) is 5.32 Å². The minimum Gasteiger partial charge on any atom is -0.507 e. The summed E-state index contributed by atoms with van der Waals surface area (Å²) in [4.78, 5) is 11.9. The number of phenols is 1. The molecule has 0 fully saturated rings. The first-order valence-electron chi connectivity index (χ1n) is 6.39. The lowest BCUT2D eigenvalue weighted by Crippen LogP contribution is -2.28. The van der Waals surface area contributed by atoms with Gasteiger partial charge in [-0.2, -0.15) is 0 Å². The van der Waals surface area contributed by atoms with Crippen LogP contribution in [0.1, 0.15) is 27.6 Å². The Kier molecular flexibility index (Phi) is 4.38. The lowest BCUT2D eigenvalue weighted by Gasteiger charge is -2.13. The molecule has 1 amide bonds. The van der Waals surface area contributed by atoms with Crippen LogP contribution in [-0.4, -0.2) is 22.7 Å². The average molecular weight is 271 g/mol. The molecule has 2 rings (SSSR count). The Morgan fingerprint density at radius 2 is 1.80 bits per heavy atom. The number of rotatable bonds is 4. The molecule has 4 nitrogen and oxygen atoms in total. The summed E-state index contributed by atoms with van der Waals surface area (Å²) in [6.07, 6.45) is -0.773. The van der Waals surface area contributed by atoms with Crippen LogP contribution < -0.4 is 5.32 Å². The van der Waals surface area contributed by atoms with Gasteiger partial charge < -0.3 is 15.5 Å². The molecule has 20 heavy (non-hydrogen) atoms. The van der Waals surface area contributed by atoms with Crippen LogP contribution in [-0.2, 0) is 0 Å². The molecule has 0 spiro atoms. The number of para-hydroxylation sites is 1. The van der Waals surface area contributed by atoms with E-state index in [1.54, 1.807) is 12.1 Å². The zero-order valence-electron chi connectivity index (χ0n) is 11.2. The molecular weight excluding hydrogens is 254 g/mol. The van der Waals surface area contributed by atoms with Crippen LogP contribution in [0.4, 0.5) is 0 Å². The van der Waals surface area contributed by atoms with Gasteiger partial charge in [0.15, 0.2) is 0 Å². The number of amides is 1. The molecule has 0 aliphatic heterocycles. The van der Waals surface area contributed by atoms with E-state index in [0.29, 0.717) is 0 Å². The number of aromatic hydroxyl groups is 1. The monoisotopic (exact) mass is 271 g/mol. The molecule has 1 unspecified atom stereocenters. The molecule has 3 N–H and O–H groups in total. The molecule has 1 atom stereocenters. The normalized spacial score (nSPS) is 11.9. The predicted octanol–water partition coefficient (Wildman–Crippen LogP) is 2.16. The lowest BCUT2D eigenvalue weighted by atomic mass is 10.1. The number of hydrogen-bond donors (Lipinski definition) is 3. The maximum atomic E-state index is 11.9. The highest BCUT2D eigenvalue weighted by Gasteiger charge is 2.13. The largest absolute Gasteiger partial charge is 0.507 e. The molecule has 2 aromatic carbocycles. The molecule has 0 aliphatic rings. The van der Waals surface area contributed by atoms with Gasteiger partial charge >= 0.3 is 0 Å². The Hall–Kier alpha value is -2.33. The first kappa shape index (κ1) is 14.1. The number of carbonyl (C=O) groups excluding carboxylic acids is 1. The molecule has 0 saturated carbocycles. The number of aliphatic hydroxyl groups is 1. The van der Waals surface area contributed by atoms with Gasteiger partial charge in [-0.15, -0.1) is 0 Å². The van der Waals surface area contributed by atoms with Crippen LogP contribution in [0, 0.1) is 6.92 Å². The van der Waals surface area contributed by atoms with Crippen molar-refractivity contribution in [1.29, 1.82) is 0 Å². The summed E-state index contributed by atoms with van der Waals surface area (Å²) in [5.41, 5.74) is 2.05. The lowest BCUT2D eigenvalue weighted by molar-refractivity contribution is 0.0913. The van der Waals surface area contributed by atoms with Crippen molar-refractivity contribution in [2.75, 3.05) is 6.54 Å². The quantitative estimate of drug-likeness (QED) is 0.798. The number of aryl methyl sites for hydroxylation is 1. The fourth-order valence-corrected chi connectivity index (χ4v) is 1.86. The number of aliphatic hydroxyl groups excluding tert-OH is 1. The second kappa shape index (κ2) is 6.21. The molecular formula is C16H17NO3. The fourth-order valence-electron chi connectivity index (χ4n) is 1.86. The van der Waals surface area contributed by atoms with Crippen molar-refractivity contribution in [2.45, 2.75) is 13.0 Å². The fraction of sp³-hybridized carbons (Fsp3) is 0.188. The van der Waals surface area contributed by atoms with Gasteiger partial charge in [0.2, 0.25) is 0 Å². The first-order chi connectivity index (χ1) is 9.58. The van der Waals surface area contributed by atoms with E-state index >= 15 is 0 Å². The van der Waals surface area contributed by atoms with Crippen molar-refractivity contribution in [1.82, 2.24) is 5.32 Å². The van der Waals surface area contributed by atoms with Crippen molar-refractivity contribution in [3.05, 3.63) is 65.2 Å². The van der Waals surface area contributed by atoms with E-state index in [9.17, 15) is 15.0 Å². The van der Waals surface area contributed by atoms with E-state index in [0.717, 1.165) is 11.1 Å². The van der Waals surface area contributed by atoms with Gasteiger partial charge in [0, 0.05) is 6.54 Å². The molecule has 0 bridgehead atoms. The van der Waals surface area contributed by atoms with Crippen LogP contribution in [0.15, 0.2) is 48.5 Å². The summed E-state index contributed by atoms with van der Waals surface area (Å²) < 4.78 is 0. The zero-order chi connectivity index (χ0) is 14.5. The van der Waals surface area contributed by atoms with Crippen molar-refractivity contribution in [3.8, 4) is 5.75 Å². The third-order valence-electron chi connectivity index (χ3n) is 3.07. The van der Waals surface area contributed by atoms with Crippen molar-refractivity contribution >= 4 is 5.91 Å². The SMILES string of the molecule is Cc1ccc(C(O)CNC(=O)c2ccccc2O)cc1. The molecule has 0 radical (unpaired) electrons. The number of phenolic OH excluding ortho intramolecular Hbond substituents is 1. The van der Waals surface area contributed by atoms with Gasteiger partial charge in [0.25, 0.3) is 5.91 Å². The highest BCUT2D eigenvalue weighted by Crippen LogP contribution is 2.16. The van der Waals surface area contributed by atoms with Crippen molar-refractivity contribution in [2.24, 2.45) is 0 Å². The van der Waals surface area contributed by atoms with Crippen LogP contribution in [0.5, 0.6) is 5.75 Å². The smallest absolute Gasteiger partial charge is 0.255 e. The summed E-state index contributed by atoms with van der Waals surface area (Å²) in [6, 6.07) is 13.8. The summed E-state index contributed by atoms with van der Waals surface area (Å²) in [6.45, 7) is 2.06. The van der Waals surface area contributed by atoms with Gasteiger partial charge in [-0.3, -0.25) is 4.79 Å². The van der Waals surface area contributed by atoms with E-state index < -0.39 is 12.0 Å². The van der Waals surface area contributed by atoms with Gasteiger partial charge in [-0.1, -0.05) is 42.0 Å². The molecule has 0 saturated heterocycles. The molecule has 0 heterocycles. The summed E-state index contributed by atoms with van der Waals surface area (Å²) in [5, 5.41) is 22.2. The van der Waals surface area contributed by atoms with E-state index in [4.69, 9.17) is 0 Å². The number of nitrogens with one attached hydrogen (secondary N) is 1. The Balaban J connectivity index is 1.97. The maximum absolute atomic E-state index is 11.9. The van der Waals surface area contributed by atoms with Gasteiger partial charge in [-0.05, 0) is 24.6 Å². The van der Waals surface area contributed by atoms with Gasteiger partial charge in [-0.25, -0.2) is 0 Å². The maximum Gasteiger partial charge on any atom is 0.255 e. The second-order valence-electron chi connectivity index (χ2n) is 4.65. The van der Waals surface area contributed by atoms with Crippen molar-refractivity contribution < 1.29 is 15.0 Å².